The third kappa shape index (κ3) is 5.14. The van der Waals surface area contributed by atoms with Crippen LogP contribution < -0.4 is 14.2 Å². The number of para-hydroxylation sites is 2. The molecule has 2 heterocycles. The van der Waals surface area contributed by atoms with Gasteiger partial charge in [0.2, 0.25) is 0 Å². The summed E-state index contributed by atoms with van der Waals surface area (Å²) in [5.41, 5.74) is 0.704. The van der Waals surface area contributed by atoms with Crippen molar-refractivity contribution in [3.8, 4) is 0 Å². The van der Waals surface area contributed by atoms with Crippen LogP contribution in [0.25, 0.3) is 10.9 Å². The minimum Gasteiger partial charge on any atom is -0.291 e. The van der Waals surface area contributed by atoms with E-state index in [0.717, 1.165) is 22.9 Å². The maximum Gasteiger partial charge on any atom is 0.271 e. The highest BCUT2D eigenvalue weighted by molar-refractivity contribution is 7.94. The smallest absolute Gasteiger partial charge is 0.271 e. The molecule has 0 unspecified atom stereocenters. The van der Waals surface area contributed by atoms with Crippen LogP contribution in [0.2, 0.25) is 4.34 Å². The quantitative estimate of drug-likeness (QED) is 0.339. The van der Waals surface area contributed by atoms with Crippen LogP contribution >= 0.6 is 34.5 Å². The van der Waals surface area contributed by atoms with Crippen LogP contribution in [-0.4, -0.2) is 39.8 Å². The van der Waals surface area contributed by atoms with Gasteiger partial charge in [-0.05, 0) is 68.1 Å². The van der Waals surface area contributed by atoms with E-state index in [9.17, 15) is 21.6 Å². The molecule has 34 heavy (non-hydrogen) atoms. The number of hydrogen-bond acceptors (Lipinski definition) is 8. The van der Waals surface area contributed by atoms with Crippen LogP contribution in [0.4, 0.5) is 11.4 Å². The molecule has 0 aliphatic carbocycles. The number of nitrogens with zero attached hydrogens (tertiary/aromatic N) is 2. The molecule has 14 heteroatoms. The highest BCUT2D eigenvalue weighted by atomic mass is 35.5. The number of rotatable bonds is 8. The average molecular weight is 559 g/mol. The van der Waals surface area contributed by atoms with Crippen molar-refractivity contribution in [1.29, 1.82) is 0 Å². The molecule has 4 aromatic rings. The summed E-state index contributed by atoms with van der Waals surface area (Å²) in [5.74, 6) is 0. The molecule has 0 saturated carbocycles. The van der Waals surface area contributed by atoms with Gasteiger partial charge in [0.25, 0.3) is 24.8 Å². The van der Waals surface area contributed by atoms with Gasteiger partial charge in [0.05, 0.1) is 38.2 Å². The van der Waals surface area contributed by atoms with Gasteiger partial charge in [0.1, 0.15) is 4.21 Å². The zero-order valence-electron chi connectivity index (χ0n) is 17.8. The standard InChI is InChI=1S/C20H19ClN4O5S4/c1-24(2)12-25-17-8-7-13(11-14(17)20(26)32-25)33(27,28)22-15-5-3-4-6-16(15)23-34(29,30)19-10-9-18(21)31-19/h3-11,22-23H,12H2,1-2H3. The second kappa shape index (κ2) is 9.32. The molecule has 4 rings (SSSR count). The van der Waals surface area contributed by atoms with Crippen LogP contribution in [0.5, 0.6) is 0 Å². The third-order valence-corrected chi connectivity index (χ3v) is 9.97. The number of nitrogens with one attached hydrogen (secondary N) is 2. The Labute approximate surface area is 209 Å². The summed E-state index contributed by atoms with van der Waals surface area (Å²) in [6.07, 6.45) is 0. The van der Waals surface area contributed by atoms with Crippen LogP contribution in [0, 0.1) is 0 Å². The zero-order chi connectivity index (χ0) is 24.7. The fraction of sp³-hybridized carbons (Fsp3) is 0.150. The number of benzene rings is 2. The minimum absolute atomic E-state index is 0.00734. The molecule has 0 amide bonds. The summed E-state index contributed by atoms with van der Waals surface area (Å²) >= 11 is 7.73. The number of fused-ring (bicyclic) bond motifs is 1. The Bertz CT molecular complexity index is 1640. The molecule has 0 saturated heterocycles. The Kier molecular flexibility index (Phi) is 6.77. The summed E-state index contributed by atoms with van der Waals surface area (Å²) in [6.45, 7) is 0.483. The molecular weight excluding hydrogens is 540 g/mol. The van der Waals surface area contributed by atoms with Gasteiger partial charge in [-0.2, -0.15) is 0 Å². The molecule has 9 nitrogen and oxygen atoms in total. The van der Waals surface area contributed by atoms with E-state index in [2.05, 4.69) is 9.44 Å². The number of aromatic nitrogens is 1. The number of halogens is 1. The van der Waals surface area contributed by atoms with Gasteiger partial charge in [-0.15, -0.1) is 11.3 Å². The van der Waals surface area contributed by atoms with Crippen molar-refractivity contribution in [3.63, 3.8) is 0 Å². The van der Waals surface area contributed by atoms with E-state index in [4.69, 9.17) is 11.6 Å². The third-order valence-electron chi connectivity index (χ3n) is 4.60. The summed E-state index contributed by atoms with van der Waals surface area (Å²) in [5, 5.41) is 0.290. The molecule has 0 fully saturated rings. The van der Waals surface area contributed by atoms with Gasteiger partial charge in [-0.1, -0.05) is 23.7 Å². The predicted octanol–water partition coefficient (Wildman–Crippen LogP) is 3.90. The van der Waals surface area contributed by atoms with Gasteiger partial charge in [-0.3, -0.25) is 23.1 Å². The first-order chi connectivity index (χ1) is 16.0. The first kappa shape index (κ1) is 24.7. The molecule has 0 aliphatic heterocycles. The lowest BCUT2D eigenvalue weighted by Gasteiger charge is -2.14. The maximum atomic E-state index is 13.1. The Morgan fingerprint density at radius 2 is 1.59 bits per heavy atom. The SMILES string of the molecule is CN(C)Cn1sc(=O)c2cc(S(=O)(=O)Nc3ccccc3NS(=O)(=O)c3ccc(Cl)s3)ccc21. The monoisotopic (exact) mass is 558 g/mol. The van der Waals surface area contributed by atoms with Gasteiger partial charge in [0, 0.05) is 0 Å². The van der Waals surface area contributed by atoms with Crippen molar-refractivity contribution in [2.75, 3.05) is 23.5 Å². The van der Waals surface area contributed by atoms with E-state index in [1.807, 2.05) is 19.0 Å². The van der Waals surface area contributed by atoms with E-state index in [1.54, 1.807) is 22.2 Å². The first-order valence-electron chi connectivity index (χ1n) is 9.65. The summed E-state index contributed by atoms with van der Waals surface area (Å²) in [4.78, 5) is 14.2. The van der Waals surface area contributed by atoms with E-state index in [-0.39, 0.29) is 25.2 Å². The Balaban J connectivity index is 1.66. The number of anilines is 2. The van der Waals surface area contributed by atoms with Crippen LogP contribution in [0.1, 0.15) is 0 Å². The molecule has 0 bridgehead atoms. The van der Waals surface area contributed by atoms with Gasteiger partial charge < -0.3 is 0 Å². The molecule has 0 spiro atoms. The van der Waals surface area contributed by atoms with Crippen molar-refractivity contribution < 1.29 is 16.8 Å². The molecule has 0 radical (unpaired) electrons. The molecule has 0 atom stereocenters. The van der Waals surface area contributed by atoms with Crippen LogP contribution in [0.15, 0.2) is 68.5 Å². The van der Waals surface area contributed by atoms with E-state index >= 15 is 0 Å². The highest BCUT2D eigenvalue weighted by Gasteiger charge is 2.22. The predicted molar refractivity (Wildman–Crippen MR) is 137 cm³/mol. The van der Waals surface area contributed by atoms with E-state index < -0.39 is 20.0 Å². The number of sulfonamides is 2. The normalized spacial score (nSPS) is 12.4. The van der Waals surface area contributed by atoms with Crippen molar-refractivity contribution in [2.24, 2.45) is 0 Å². The Hall–Kier alpha value is -2.42. The fourth-order valence-electron chi connectivity index (χ4n) is 3.13. The van der Waals surface area contributed by atoms with Gasteiger partial charge in [-0.25, -0.2) is 16.8 Å². The molecular formula is C20H19ClN4O5S4. The van der Waals surface area contributed by atoms with E-state index in [1.165, 1.54) is 36.4 Å². The topological polar surface area (TPSA) is 118 Å². The van der Waals surface area contributed by atoms with E-state index in [0.29, 0.717) is 21.9 Å². The maximum absolute atomic E-state index is 13.1. The molecule has 2 aromatic carbocycles. The van der Waals surface area contributed by atoms with Gasteiger partial charge >= 0.3 is 0 Å². The molecule has 2 aromatic heterocycles. The van der Waals surface area contributed by atoms with Crippen LogP contribution in [0.3, 0.4) is 0 Å². The fourth-order valence-corrected chi connectivity index (χ4v) is 7.80. The summed E-state index contributed by atoms with van der Waals surface area (Å²) in [6, 6.07) is 13.1. The lowest BCUT2D eigenvalue weighted by molar-refractivity contribution is 0.345. The first-order valence-corrected chi connectivity index (χ1v) is 14.6. The Morgan fingerprint density at radius 1 is 0.941 bits per heavy atom. The zero-order valence-corrected chi connectivity index (χ0v) is 21.9. The molecule has 180 valence electrons. The number of hydrogen-bond donors (Lipinski definition) is 2. The van der Waals surface area contributed by atoms with Crippen molar-refractivity contribution in [3.05, 3.63) is 68.5 Å². The second-order valence-corrected chi connectivity index (χ2v) is 13.8. The lowest BCUT2D eigenvalue weighted by atomic mass is 10.2. The average Bonchev–Trinajstić information content (AvgIpc) is 3.33. The Morgan fingerprint density at radius 3 is 2.18 bits per heavy atom. The second-order valence-electron chi connectivity index (χ2n) is 7.47. The molecule has 0 aliphatic rings. The molecule has 2 N–H and O–H groups in total. The van der Waals surface area contributed by atoms with Crippen molar-refractivity contribution in [1.82, 2.24) is 8.86 Å². The van der Waals surface area contributed by atoms with Crippen LogP contribution in [-0.2, 0) is 26.7 Å². The number of thiophene rings is 1. The van der Waals surface area contributed by atoms with Crippen molar-refractivity contribution in [2.45, 2.75) is 15.8 Å². The summed E-state index contributed by atoms with van der Waals surface area (Å²) in [7, 11) is -4.37. The van der Waals surface area contributed by atoms with Gasteiger partial charge in [0.15, 0.2) is 0 Å². The van der Waals surface area contributed by atoms with Crippen molar-refractivity contribution >= 4 is 76.8 Å². The minimum atomic E-state index is -4.13. The summed E-state index contributed by atoms with van der Waals surface area (Å²) < 4.78 is 58.2. The highest BCUT2D eigenvalue weighted by Crippen LogP contribution is 2.31. The lowest BCUT2D eigenvalue weighted by Crippen LogP contribution is -2.17. The largest absolute Gasteiger partial charge is 0.291 e.